The average molecular weight is 387 g/mol. The van der Waals surface area contributed by atoms with Gasteiger partial charge in [-0.25, -0.2) is 13.6 Å². The molecule has 0 radical (unpaired) electrons. The van der Waals surface area contributed by atoms with Gasteiger partial charge in [-0.05, 0) is 46.7 Å². The molecule has 5 nitrogen and oxygen atoms in total. The molecule has 2 rings (SSSR count). The zero-order chi connectivity index (χ0) is 20.1. The maximum atomic E-state index is 11.9. The Morgan fingerprint density at radius 2 is 1.63 bits per heavy atom. The van der Waals surface area contributed by atoms with Crippen molar-refractivity contribution in [3.63, 3.8) is 0 Å². The zero-order valence-corrected chi connectivity index (χ0v) is 16.7. The number of nitrogens with one attached hydrogen (secondary N) is 1. The molecule has 0 aliphatic rings. The van der Waals surface area contributed by atoms with Crippen molar-refractivity contribution < 1.29 is 13.2 Å². The van der Waals surface area contributed by atoms with E-state index in [9.17, 15) is 13.2 Å². The number of benzene rings is 2. The van der Waals surface area contributed by atoms with E-state index in [2.05, 4.69) is 38.2 Å². The van der Waals surface area contributed by atoms with Gasteiger partial charge in [0.15, 0.2) is 0 Å². The summed E-state index contributed by atoms with van der Waals surface area (Å²) in [6.07, 6.45) is 3.89. The molecule has 0 saturated carbocycles. The quantitative estimate of drug-likeness (QED) is 0.748. The van der Waals surface area contributed by atoms with Gasteiger partial charge in [-0.15, -0.1) is 0 Å². The normalized spacial score (nSPS) is 12.3. The van der Waals surface area contributed by atoms with Crippen LogP contribution in [0.25, 0.3) is 6.08 Å². The van der Waals surface area contributed by atoms with Crippen molar-refractivity contribution in [2.75, 3.05) is 6.54 Å². The van der Waals surface area contributed by atoms with Crippen molar-refractivity contribution in [1.29, 1.82) is 0 Å². The van der Waals surface area contributed by atoms with E-state index < -0.39 is 10.0 Å². The van der Waals surface area contributed by atoms with E-state index in [-0.39, 0.29) is 16.2 Å². The Kier molecular flexibility index (Phi) is 6.57. The van der Waals surface area contributed by atoms with Gasteiger partial charge in [-0.1, -0.05) is 57.2 Å². The number of hydrogen-bond acceptors (Lipinski definition) is 3. The predicted octanol–water partition coefficient (Wildman–Crippen LogP) is 3.00. The molecule has 0 heterocycles. The zero-order valence-electron chi connectivity index (χ0n) is 15.9. The lowest BCUT2D eigenvalue weighted by Gasteiger charge is -2.18. The highest BCUT2D eigenvalue weighted by Crippen LogP contribution is 2.22. The van der Waals surface area contributed by atoms with Crippen LogP contribution in [-0.2, 0) is 26.7 Å². The van der Waals surface area contributed by atoms with Crippen molar-refractivity contribution in [3.8, 4) is 0 Å². The highest BCUT2D eigenvalue weighted by Gasteiger charge is 2.12. The van der Waals surface area contributed by atoms with Gasteiger partial charge >= 0.3 is 0 Å². The van der Waals surface area contributed by atoms with E-state index in [4.69, 9.17) is 5.14 Å². The fourth-order valence-corrected chi connectivity index (χ4v) is 3.02. The van der Waals surface area contributed by atoms with Crippen molar-refractivity contribution in [3.05, 3.63) is 71.3 Å². The van der Waals surface area contributed by atoms with Crippen LogP contribution in [0.2, 0.25) is 0 Å². The second kappa shape index (κ2) is 8.50. The third kappa shape index (κ3) is 6.66. The number of sulfonamides is 1. The van der Waals surface area contributed by atoms with Crippen molar-refractivity contribution in [2.24, 2.45) is 5.14 Å². The van der Waals surface area contributed by atoms with Crippen molar-refractivity contribution in [2.45, 2.75) is 37.5 Å². The standard InChI is InChI=1S/C21H26N2O3S/c1-21(2,3)18-9-4-16(5-10-18)8-13-20(24)23-15-14-17-6-11-19(12-7-17)27(22,25)26/h4-13H,14-15H2,1-3H3,(H,23,24)(H2,22,25,26). The highest BCUT2D eigenvalue weighted by atomic mass is 32.2. The van der Waals surface area contributed by atoms with Crippen LogP contribution in [0.15, 0.2) is 59.5 Å². The first kappa shape index (κ1) is 20.9. The van der Waals surface area contributed by atoms with Crippen LogP contribution in [0, 0.1) is 0 Å². The molecule has 0 aliphatic heterocycles. The molecule has 144 valence electrons. The summed E-state index contributed by atoms with van der Waals surface area (Å²) in [6, 6.07) is 14.5. The summed E-state index contributed by atoms with van der Waals surface area (Å²) in [5.74, 6) is -0.170. The minimum Gasteiger partial charge on any atom is -0.352 e. The molecule has 0 aliphatic carbocycles. The Morgan fingerprint density at radius 3 is 2.15 bits per heavy atom. The van der Waals surface area contributed by atoms with Crippen LogP contribution in [0.3, 0.4) is 0 Å². The van der Waals surface area contributed by atoms with Crippen LogP contribution in [0.5, 0.6) is 0 Å². The maximum absolute atomic E-state index is 11.9. The van der Waals surface area contributed by atoms with E-state index in [1.807, 2.05) is 12.1 Å². The lowest BCUT2D eigenvalue weighted by molar-refractivity contribution is -0.116. The molecule has 0 spiro atoms. The third-order valence-electron chi connectivity index (χ3n) is 4.17. The van der Waals surface area contributed by atoms with E-state index in [1.54, 1.807) is 18.2 Å². The first-order valence-electron chi connectivity index (χ1n) is 8.74. The fourth-order valence-electron chi connectivity index (χ4n) is 2.50. The Balaban J connectivity index is 1.83. The van der Waals surface area contributed by atoms with Gasteiger partial charge < -0.3 is 5.32 Å². The Morgan fingerprint density at radius 1 is 1.04 bits per heavy atom. The SMILES string of the molecule is CC(C)(C)c1ccc(C=CC(=O)NCCc2ccc(S(N)(=O)=O)cc2)cc1. The van der Waals surface area contributed by atoms with Crippen LogP contribution in [0.4, 0.5) is 0 Å². The molecule has 3 N–H and O–H groups in total. The van der Waals surface area contributed by atoms with Gasteiger partial charge in [-0.2, -0.15) is 0 Å². The fraction of sp³-hybridized carbons (Fsp3) is 0.286. The molecular weight excluding hydrogens is 360 g/mol. The average Bonchev–Trinajstić information content (AvgIpc) is 2.59. The van der Waals surface area contributed by atoms with E-state index in [1.165, 1.54) is 23.8 Å². The molecule has 0 bridgehead atoms. The number of hydrogen-bond donors (Lipinski definition) is 2. The molecule has 6 heteroatoms. The first-order valence-corrected chi connectivity index (χ1v) is 10.3. The molecule has 2 aromatic rings. The summed E-state index contributed by atoms with van der Waals surface area (Å²) < 4.78 is 22.4. The maximum Gasteiger partial charge on any atom is 0.244 e. The smallest absolute Gasteiger partial charge is 0.244 e. The topological polar surface area (TPSA) is 89.3 Å². The van der Waals surface area contributed by atoms with E-state index in [0.717, 1.165) is 11.1 Å². The summed E-state index contributed by atoms with van der Waals surface area (Å²) in [6.45, 7) is 6.94. The van der Waals surface area contributed by atoms with Gasteiger partial charge in [-0.3, -0.25) is 4.79 Å². The second-order valence-corrected chi connectivity index (χ2v) is 9.00. The van der Waals surface area contributed by atoms with Gasteiger partial charge in [0, 0.05) is 12.6 Å². The Labute approximate surface area is 161 Å². The molecule has 2 aromatic carbocycles. The third-order valence-corrected chi connectivity index (χ3v) is 5.10. The lowest BCUT2D eigenvalue weighted by Crippen LogP contribution is -2.23. The lowest BCUT2D eigenvalue weighted by atomic mass is 9.87. The summed E-state index contributed by atoms with van der Waals surface area (Å²) in [5, 5.41) is 7.88. The highest BCUT2D eigenvalue weighted by molar-refractivity contribution is 7.89. The largest absolute Gasteiger partial charge is 0.352 e. The molecule has 0 fully saturated rings. The number of nitrogens with two attached hydrogens (primary N) is 1. The Hall–Kier alpha value is -2.44. The van der Waals surface area contributed by atoms with Crippen LogP contribution in [-0.4, -0.2) is 20.9 Å². The van der Waals surface area contributed by atoms with Gasteiger partial charge in [0.25, 0.3) is 0 Å². The van der Waals surface area contributed by atoms with Crippen molar-refractivity contribution in [1.82, 2.24) is 5.32 Å². The van der Waals surface area contributed by atoms with E-state index in [0.29, 0.717) is 13.0 Å². The number of carbonyl (C=O) groups is 1. The predicted molar refractivity (Wildman–Crippen MR) is 109 cm³/mol. The van der Waals surface area contributed by atoms with Crippen LogP contribution < -0.4 is 10.5 Å². The number of carbonyl (C=O) groups excluding carboxylic acids is 1. The second-order valence-electron chi connectivity index (χ2n) is 7.44. The van der Waals surface area contributed by atoms with Crippen molar-refractivity contribution >= 4 is 22.0 Å². The Bertz CT molecular complexity index is 907. The monoisotopic (exact) mass is 386 g/mol. The summed E-state index contributed by atoms with van der Waals surface area (Å²) >= 11 is 0. The minimum absolute atomic E-state index is 0.0793. The van der Waals surface area contributed by atoms with Gasteiger partial charge in [0.05, 0.1) is 4.90 Å². The minimum atomic E-state index is -3.68. The molecular formula is C21H26N2O3S. The number of primary sulfonamides is 1. The van der Waals surface area contributed by atoms with E-state index >= 15 is 0 Å². The van der Waals surface area contributed by atoms with Crippen LogP contribution in [0.1, 0.15) is 37.5 Å². The summed E-state index contributed by atoms with van der Waals surface area (Å²) in [5.41, 5.74) is 3.24. The molecule has 0 unspecified atom stereocenters. The summed E-state index contributed by atoms with van der Waals surface area (Å²) in [7, 11) is -3.68. The molecule has 0 aromatic heterocycles. The molecule has 0 saturated heterocycles. The summed E-state index contributed by atoms with van der Waals surface area (Å²) in [4.78, 5) is 12.0. The van der Waals surface area contributed by atoms with Gasteiger partial charge in [0.1, 0.15) is 0 Å². The number of amides is 1. The molecule has 0 atom stereocenters. The molecule has 1 amide bonds. The van der Waals surface area contributed by atoms with Gasteiger partial charge in [0.2, 0.25) is 15.9 Å². The van der Waals surface area contributed by atoms with Crippen LogP contribution >= 0.6 is 0 Å². The number of rotatable bonds is 6. The first-order chi connectivity index (χ1) is 12.6. The molecule has 27 heavy (non-hydrogen) atoms.